The van der Waals surface area contributed by atoms with Gasteiger partial charge in [0.25, 0.3) is 0 Å². The maximum atomic E-state index is 11.6. The molecule has 0 radical (unpaired) electrons. The zero-order valence-corrected chi connectivity index (χ0v) is 10.0. The number of carboxylic acids is 1. The molecule has 1 N–H and O–H groups in total. The molecule has 0 aromatic carbocycles. The van der Waals surface area contributed by atoms with Gasteiger partial charge in [-0.3, -0.25) is 4.79 Å². The van der Waals surface area contributed by atoms with Crippen molar-refractivity contribution in [1.29, 1.82) is 0 Å². The molecule has 0 aromatic rings. The number of rotatable bonds is 5. The van der Waals surface area contributed by atoms with Gasteiger partial charge in [-0.2, -0.15) is 0 Å². The number of halogens is 1. The van der Waals surface area contributed by atoms with Crippen LogP contribution in [-0.2, 0) is 14.3 Å². The minimum atomic E-state index is -1.03. The Balaban J connectivity index is 2.84. The van der Waals surface area contributed by atoms with Crippen molar-refractivity contribution in [3.05, 3.63) is 11.6 Å². The summed E-state index contributed by atoms with van der Waals surface area (Å²) < 4.78 is 4.94. The Morgan fingerprint density at radius 2 is 2.13 bits per heavy atom. The highest BCUT2D eigenvalue weighted by molar-refractivity contribution is 9.09. The van der Waals surface area contributed by atoms with Gasteiger partial charge in [-0.1, -0.05) is 15.9 Å². The largest absolute Gasteiger partial charge is 0.478 e. The zero-order valence-electron chi connectivity index (χ0n) is 8.46. The summed E-state index contributed by atoms with van der Waals surface area (Å²) in [5.41, 5.74) is -0.0776. The van der Waals surface area contributed by atoms with Crippen LogP contribution < -0.4 is 0 Å². The van der Waals surface area contributed by atoms with E-state index in [1.54, 1.807) is 6.92 Å². The van der Waals surface area contributed by atoms with E-state index in [9.17, 15) is 9.59 Å². The van der Waals surface area contributed by atoms with Crippen LogP contribution in [0.4, 0.5) is 0 Å². The summed E-state index contributed by atoms with van der Waals surface area (Å²) in [6.45, 7) is 2.06. The summed E-state index contributed by atoms with van der Waals surface area (Å²) in [6, 6.07) is 0. The molecule has 84 valence electrons. The summed E-state index contributed by atoms with van der Waals surface area (Å²) in [6.07, 6.45) is 2.45. The van der Waals surface area contributed by atoms with Gasteiger partial charge in [0.15, 0.2) is 0 Å². The molecule has 1 aliphatic rings. The molecule has 0 heterocycles. The van der Waals surface area contributed by atoms with Gasteiger partial charge >= 0.3 is 11.9 Å². The molecule has 0 aliphatic heterocycles. The molecule has 0 atom stereocenters. The molecule has 0 aromatic heterocycles. The Labute approximate surface area is 96.4 Å². The van der Waals surface area contributed by atoms with Gasteiger partial charge in [-0.15, -0.1) is 0 Å². The number of ether oxygens (including phenoxy) is 1. The second kappa shape index (κ2) is 4.79. The van der Waals surface area contributed by atoms with Gasteiger partial charge in [0.05, 0.1) is 12.0 Å². The fraction of sp³-hybridized carbons (Fsp3) is 0.600. The van der Waals surface area contributed by atoms with E-state index in [0.717, 1.165) is 6.08 Å². The topological polar surface area (TPSA) is 63.6 Å². The van der Waals surface area contributed by atoms with Crippen LogP contribution in [0, 0.1) is 5.41 Å². The molecule has 0 spiro atoms. The van der Waals surface area contributed by atoms with E-state index >= 15 is 0 Å². The van der Waals surface area contributed by atoms with Crippen molar-refractivity contribution < 1.29 is 19.4 Å². The maximum absolute atomic E-state index is 11.6. The fourth-order valence-corrected chi connectivity index (χ4v) is 2.20. The molecule has 1 aliphatic carbocycles. The molecule has 0 bridgehead atoms. The van der Waals surface area contributed by atoms with E-state index in [4.69, 9.17) is 9.84 Å². The molecule has 5 heteroatoms. The van der Waals surface area contributed by atoms with Gasteiger partial charge in [-0.05, 0) is 25.3 Å². The van der Waals surface area contributed by atoms with Crippen LogP contribution in [0.1, 0.15) is 19.8 Å². The lowest BCUT2D eigenvalue weighted by Crippen LogP contribution is -2.22. The first-order valence-corrected chi connectivity index (χ1v) is 5.86. The van der Waals surface area contributed by atoms with Crippen LogP contribution in [0.3, 0.4) is 0 Å². The Morgan fingerprint density at radius 3 is 2.47 bits per heavy atom. The zero-order chi connectivity index (χ0) is 11.5. The van der Waals surface area contributed by atoms with Crippen molar-refractivity contribution >= 4 is 27.9 Å². The lowest BCUT2D eigenvalue weighted by Gasteiger charge is -2.15. The molecule has 15 heavy (non-hydrogen) atoms. The van der Waals surface area contributed by atoms with Crippen molar-refractivity contribution in [2.45, 2.75) is 19.8 Å². The summed E-state index contributed by atoms with van der Waals surface area (Å²) in [5.74, 6) is -1.34. The van der Waals surface area contributed by atoms with Gasteiger partial charge in [0.1, 0.15) is 0 Å². The fourth-order valence-electron chi connectivity index (χ4n) is 1.50. The van der Waals surface area contributed by atoms with Crippen LogP contribution in [0.25, 0.3) is 0 Å². The van der Waals surface area contributed by atoms with Gasteiger partial charge in [0, 0.05) is 11.4 Å². The number of carbonyl (C=O) groups excluding carboxylic acids is 1. The highest BCUT2D eigenvalue weighted by atomic mass is 79.9. The minimum absolute atomic E-state index is 0.308. The number of esters is 1. The number of carboxylic acid groups (broad SMARTS) is 1. The molecule has 0 unspecified atom stereocenters. The lowest BCUT2D eigenvalue weighted by molar-refractivity contribution is -0.148. The highest BCUT2D eigenvalue weighted by Crippen LogP contribution is 2.53. The average molecular weight is 277 g/mol. The predicted octanol–water partition coefficient (Wildman–Crippen LogP) is 1.74. The standard InChI is InChI=1S/C10H13BrO4/c1-2-15-9(14)10(3-4-10)7(6-11)5-8(12)13/h5H,2-4,6H2,1H3,(H,12,13). The van der Waals surface area contributed by atoms with Crippen molar-refractivity contribution in [3.8, 4) is 0 Å². The van der Waals surface area contributed by atoms with E-state index in [2.05, 4.69) is 15.9 Å². The summed E-state index contributed by atoms with van der Waals surface area (Å²) in [7, 11) is 0. The monoisotopic (exact) mass is 276 g/mol. The lowest BCUT2D eigenvalue weighted by atomic mass is 9.97. The molecule has 1 fully saturated rings. The second-order valence-electron chi connectivity index (χ2n) is 3.44. The number of hydrogen-bond acceptors (Lipinski definition) is 3. The maximum Gasteiger partial charge on any atom is 0.328 e. The van der Waals surface area contributed by atoms with Crippen molar-refractivity contribution in [2.75, 3.05) is 11.9 Å². The molecule has 0 saturated heterocycles. The van der Waals surface area contributed by atoms with Crippen molar-refractivity contribution in [1.82, 2.24) is 0 Å². The second-order valence-corrected chi connectivity index (χ2v) is 4.00. The number of carbonyl (C=O) groups is 2. The minimum Gasteiger partial charge on any atom is -0.478 e. The SMILES string of the molecule is CCOC(=O)C1(C(=CC(=O)O)CBr)CC1. The average Bonchev–Trinajstić information content (AvgIpc) is 2.95. The van der Waals surface area contributed by atoms with Crippen molar-refractivity contribution in [2.24, 2.45) is 5.41 Å². The van der Waals surface area contributed by atoms with Crippen LogP contribution in [0.2, 0.25) is 0 Å². The van der Waals surface area contributed by atoms with Crippen LogP contribution in [-0.4, -0.2) is 29.0 Å². The molecular weight excluding hydrogens is 264 g/mol. The van der Waals surface area contributed by atoms with Gasteiger partial charge in [-0.25, -0.2) is 4.79 Å². The molecule has 0 amide bonds. The summed E-state index contributed by atoms with van der Waals surface area (Å²) in [4.78, 5) is 22.2. The molecule has 1 saturated carbocycles. The van der Waals surface area contributed by atoms with E-state index in [0.29, 0.717) is 30.4 Å². The highest BCUT2D eigenvalue weighted by Gasteiger charge is 2.53. The summed E-state index contributed by atoms with van der Waals surface area (Å²) >= 11 is 3.20. The van der Waals surface area contributed by atoms with Crippen molar-refractivity contribution in [3.63, 3.8) is 0 Å². The third-order valence-electron chi connectivity index (χ3n) is 2.47. The Hall–Kier alpha value is -0.840. The third kappa shape index (κ3) is 2.59. The number of aliphatic carboxylic acids is 1. The first-order valence-electron chi connectivity index (χ1n) is 4.74. The smallest absolute Gasteiger partial charge is 0.328 e. The number of alkyl halides is 1. The first kappa shape index (κ1) is 12.2. The summed E-state index contributed by atoms with van der Waals surface area (Å²) in [5, 5.41) is 9.06. The quantitative estimate of drug-likeness (QED) is 0.472. The van der Waals surface area contributed by atoms with E-state index in [1.165, 1.54) is 0 Å². The van der Waals surface area contributed by atoms with Crippen LogP contribution in [0.5, 0.6) is 0 Å². The van der Waals surface area contributed by atoms with Crippen LogP contribution in [0.15, 0.2) is 11.6 Å². The first-order chi connectivity index (χ1) is 7.06. The van der Waals surface area contributed by atoms with E-state index in [1.807, 2.05) is 0 Å². The third-order valence-corrected chi connectivity index (χ3v) is 3.08. The Bertz CT molecular complexity index is 305. The Morgan fingerprint density at radius 1 is 1.53 bits per heavy atom. The molecular formula is C10H13BrO4. The Kier molecular flexibility index (Phi) is 3.90. The van der Waals surface area contributed by atoms with E-state index < -0.39 is 11.4 Å². The normalized spacial score (nSPS) is 18.4. The van der Waals surface area contributed by atoms with Crippen LogP contribution >= 0.6 is 15.9 Å². The molecule has 1 rings (SSSR count). The van der Waals surface area contributed by atoms with Gasteiger partial charge in [0.2, 0.25) is 0 Å². The predicted molar refractivity (Wildman–Crippen MR) is 57.8 cm³/mol. The van der Waals surface area contributed by atoms with E-state index in [-0.39, 0.29) is 5.97 Å². The number of hydrogen-bond donors (Lipinski definition) is 1. The van der Waals surface area contributed by atoms with Gasteiger partial charge < -0.3 is 9.84 Å². The molecule has 4 nitrogen and oxygen atoms in total.